The van der Waals surface area contributed by atoms with E-state index >= 15 is 0 Å². The van der Waals surface area contributed by atoms with Crippen molar-refractivity contribution in [1.29, 1.82) is 5.26 Å². The normalized spacial score (nSPS) is 10.6. The topological polar surface area (TPSA) is 57.0 Å². The molecule has 7 heteroatoms. The third-order valence-corrected chi connectivity index (χ3v) is 5.86. The van der Waals surface area contributed by atoms with E-state index in [-0.39, 0.29) is 18.1 Å². The predicted octanol–water partition coefficient (Wildman–Crippen LogP) is 4.99. The van der Waals surface area contributed by atoms with Crippen LogP contribution in [0, 0.1) is 11.3 Å². The zero-order chi connectivity index (χ0) is 17.6. The second-order valence-electron chi connectivity index (χ2n) is 5.17. The highest BCUT2D eigenvalue weighted by atomic mass is 35.5. The van der Waals surface area contributed by atoms with E-state index in [1.807, 2.05) is 30.3 Å². The summed E-state index contributed by atoms with van der Waals surface area (Å²) in [4.78, 5) is 18.8. The van der Waals surface area contributed by atoms with Crippen LogP contribution < -0.4 is 4.90 Å². The van der Waals surface area contributed by atoms with E-state index in [9.17, 15) is 4.79 Å². The number of rotatable bonds is 6. The summed E-state index contributed by atoms with van der Waals surface area (Å²) >= 11 is 9.02. The molecule has 3 rings (SSSR count). The first-order valence-corrected chi connectivity index (χ1v) is 9.76. The minimum absolute atomic E-state index is 0.0678. The molecule has 4 nitrogen and oxygen atoms in total. The van der Waals surface area contributed by atoms with Gasteiger partial charge >= 0.3 is 0 Å². The van der Waals surface area contributed by atoms with Crippen molar-refractivity contribution in [3.63, 3.8) is 0 Å². The first kappa shape index (κ1) is 17.7. The standard InChI is InChI=1S/C18H14ClN3OS2/c19-13-5-3-6-14(11-13)22(10-4-9-20)17(23)12-24-18-21-15-7-1-2-8-16(15)25-18/h1-3,5-8,11H,4,10,12H2. The molecule has 0 aliphatic heterocycles. The lowest BCUT2D eigenvalue weighted by molar-refractivity contribution is -0.116. The molecule has 0 bridgehead atoms. The molecule has 0 saturated heterocycles. The fraction of sp³-hybridized carbons (Fsp3) is 0.167. The monoisotopic (exact) mass is 387 g/mol. The van der Waals surface area contributed by atoms with E-state index in [1.165, 1.54) is 11.8 Å². The first-order valence-electron chi connectivity index (χ1n) is 7.58. The third-order valence-electron chi connectivity index (χ3n) is 3.46. The molecule has 25 heavy (non-hydrogen) atoms. The molecule has 0 fully saturated rings. The number of benzene rings is 2. The molecule has 0 radical (unpaired) electrons. The Morgan fingerprint density at radius 1 is 1.28 bits per heavy atom. The molecule has 2 aromatic carbocycles. The van der Waals surface area contributed by atoms with Crippen LogP contribution in [-0.2, 0) is 4.79 Å². The molecular formula is C18H14ClN3OS2. The van der Waals surface area contributed by atoms with Crippen molar-refractivity contribution in [2.75, 3.05) is 17.2 Å². The predicted molar refractivity (Wildman–Crippen MR) is 104 cm³/mol. The van der Waals surface area contributed by atoms with Crippen LogP contribution in [-0.4, -0.2) is 23.2 Å². The minimum Gasteiger partial charge on any atom is -0.311 e. The van der Waals surface area contributed by atoms with Crippen molar-refractivity contribution >= 4 is 56.5 Å². The van der Waals surface area contributed by atoms with Gasteiger partial charge in [0, 0.05) is 17.3 Å². The van der Waals surface area contributed by atoms with Crippen LogP contribution in [0.5, 0.6) is 0 Å². The number of carbonyl (C=O) groups excluding carboxylic acids is 1. The SMILES string of the molecule is N#CCCN(C(=O)CSc1nc2ccccc2s1)c1cccc(Cl)c1. The highest BCUT2D eigenvalue weighted by molar-refractivity contribution is 8.01. The van der Waals surface area contributed by atoms with Crippen LogP contribution in [0.15, 0.2) is 52.9 Å². The van der Waals surface area contributed by atoms with Gasteiger partial charge in [0.1, 0.15) is 0 Å². The summed E-state index contributed by atoms with van der Waals surface area (Å²) in [7, 11) is 0. The maximum absolute atomic E-state index is 12.7. The van der Waals surface area contributed by atoms with Gasteiger partial charge in [0.05, 0.1) is 28.5 Å². The number of hydrogen-bond donors (Lipinski definition) is 0. The largest absolute Gasteiger partial charge is 0.311 e. The van der Waals surface area contributed by atoms with Crippen molar-refractivity contribution in [2.45, 2.75) is 10.8 Å². The van der Waals surface area contributed by atoms with Gasteiger partial charge in [0.2, 0.25) is 5.91 Å². The highest BCUT2D eigenvalue weighted by Gasteiger charge is 2.17. The van der Waals surface area contributed by atoms with E-state index in [1.54, 1.807) is 34.4 Å². The Bertz CT molecular complexity index is 902. The molecule has 0 saturated carbocycles. The van der Waals surface area contributed by atoms with Gasteiger partial charge in [0.15, 0.2) is 4.34 Å². The van der Waals surface area contributed by atoms with Gasteiger partial charge in [-0.1, -0.05) is 41.6 Å². The Hall–Kier alpha value is -2.07. The molecule has 126 valence electrons. The molecule has 0 unspecified atom stereocenters. The Labute approximate surface area is 159 Å². The molecule has 0 atom stereocenters. The number of thioether (sulfide) groups is 1. The summed E-state index contributed by atoms with van der Waals surface area (Å²) in [5.74, 6) is 0.194. The summed E-state index contributed by atoms with van der Waals surface area (Å²) < 4.78 is 1.97. The number of para-hydroxylation sites is 1. The Kier molecular flexibility index (Phi) is 5.92. The number of nitriles is 1. The smallest absolute Gasteiger partial charge is 0.237 e. The third kappa shape index (κ3) is 4.51. The lowest BCUT2D eigenvalue weighted by Gasteiger charge is -2.21. The molecule has 0 aliphatic rings. The minimum atomic E-state index is -0.0678. The van der Waals surface area contributed by atoms with E-state index < -0.39 is 0 Å². The lowest BCUT2D eigenvalue weighted by atomic mass is 10.2. The number of hydrogen-bond acceptors (Lipinski definition) is 5. The summed E-state index contributed by atoms with van der Waals surface area (Å²) in [5.41, 5.74) is 1.65. The van der Waals surface area contributed by atoms with Crippen molar-refractivity contribution < 1.29 is 4.79 Å². The summed E-state index contributed by atoms with van der Waals surface area (Å²) in [6, 6.07) is 17.1. The molecule has 1 aromatic heterocycles. The fourth-order valence-corrected chi connectivity index (χ4v) is 4.45. The van der Waals surface area contributed by atoms with E-state index in [0.29, 0.717) is 17.3 Å². The van der Waals surface area contributed by atoms with Gasteiger partial charge in [-0.3, -0.25) is 4.79 Å². The Balaban J connectivity index is 1.72. The average Bonchev–Trinajstić information content (AvgIpc) is 3.03. The number of thiazole rings is 1. The molecular weight excluding hydrogens is 374 g/mol. The number of nitrogens with zero attached hydrogens (tertiary/aromatic N) is 3. The van der Waals surface area contributed by atoms with Crippen LogP contribution in [0.3, 0.4) is 0 Å². The zero-order valence-corrected chi connectivity index (χ0v) is 15.6. The number of fused-ring (bicyclic) bond motifs is 1. The average molecular weight is 388 g/mol. The van der Waals surface area contributed by atoms with Crippen LogP contribution in [0.25, 0.3) is 10.2 Å². The zero-order valence-electron chi connectivity index (χ0n) is 13.2. The van der Waals surface area contributed by atoms with E-state index in [2.05, 4.69) is 11.1 Å². The molecule has 3 aromatic rings. The number of carbonyl (C=O) groups is 1. The Morgan fingerprint density at radius 2 is 2.12 bits per heavy atom. The van der Waals surface area contributed by atoms with Crippen molar-refractivity contribution in [1.82, 2.24) is 4.98 Å². The van der Waals surface area contributed by atoms with Gasteiger partial charge in [-0.05, 0) is 30.3 Å². The van der Waals surface area contributed by atoms with Crippen LogP contribution in [0.4, 0.5) is 5.69 Å². The van der Waals surface area contributed by atoms with Crippen LogP contribution in [0.1, 0.15) is 6.42 Å². The van der Waals surface area contributed by atoms with Gasteiger partial charge in [0.25, 0.3) is 0 Å². The van der Waals surface area contributed by atoms with Gasteiger partial charge in [-0.15, -0.1) is 11.3 Å². The van der Waals surface area contributed by atoms with Crippen LogP contribution >= 0.6 is 34.7 Å². The van der Waals surface area contributed by atoms with Crippen molar-refractivity contribution in [3.05, 3.63) is 53.6 Å². The number of halogens is 1. The Morgan fingerprint density at radius 3 is 2.88 bits per heavy atom. The molecule has 1 amide bonds. The lowest BCUT2D eigenvalue weighted by Crippen LogP contribution is -2.33. The fourth-order valence-electron chi connectivity index (χ4n) is 2.32. The molecule has 1 heterocycles. The van der Waals surface area contributed by atoms with E-state index in [4.69, 9.17) is 16.9 Å². The van der Waals surface area contributed by atoms with Crippen LogP contribution in [0.2, 0.25) is 5.02 Å². The van der Waals surface area contributed by atoms with Gasteiger partial charge in [-0.25, -0.2) is 4.98 Å². The molecule has 0 N–H and O–H groups in total. The maximum atomic E-state index is 12.7. The van der Waals surface area contributed by atoms with E-state index in [0.717, 1.165) is 14.6 Å². The second-order valence-corrected chi connectivity index (χ2v) is 7.86. The quantitative estimate of drug-likeness (QED) is 0.559. The van der Waals surface area contributed by atoms with Crippen molar-refractivity contribution in [2.24, 2.45) is 0 Å². The number of amides is 1. The van der Waals surface area contributed by atoms with Gasteiger partial charge < -0.3 is 4.90 Å². The summed E-state index contributed by atoms with van der Waals surface area (Å²) in [6.45, 7) is 0.343. The first-order chi connectivity index (χ1) is 12.2. The number of aromatic nitrogens is 1. The maximum Gasteiger partial charge on any atom is 0.237 e. The van der Waals surface area contributed by atoms with Crippen molar-refractivity contribution in [3.8, 4) is 6.07 Å². The number of anilines is 1. The molecule has 0 spiro atoms. The van der Waals surface area contributed by atoms with Gasteiger partial charge in [-0.2, -0.15) is 5.26 Å². The summed E-state index contributed by atoms with van der Waals surface area (Å²) in [6.07, 6.45) is 0.268. The summed E-state index contributed by atoms with van der Waals surface area (Å²) in [5, 5.41) is 9.42. The second kappa shape index (κ2) is 8.34. The highest BCUT2D eigenvalue weighted by Crippen LogP contribution is 2.30. The molecule has 0 aliphatic carbocycles.